The van der Waals surface area contributed by atoms with E-state index in [2.05, 4.69) is 29.0 Å². The third-order valence-electron chi connectivity index (χ3n) is 3.42. The molecule has 2 aromatic rings. The fourth-order valence-corrected chi connectivity index (χ4v) is 3.19. The number of hydrogen-bond acceptors (Lipinski definition) is 3. The number of carbonyl (C=O) groups excluding carboxylic acids is 1. The van der Waals surface area contributed by atoms with Gasteiger partial charge in [-0.3, -0.25) is 0 Å². The maximum atomic E-state index is 12.0. The molecular formula is C17H22N2O2S. The molecule has 0 bridgehead atoms. The Hall–Kier alpha value is -1.85. The average molecular weight is 318 g/mol. The van der Waals surface area contributed by atoms with Gasteiger partial charge < -0.3 is 15.7 Å². The number of aliphatic hydroxyl groups excluding tert-OH is 1. The zero-order chi connectivity index (χ0) is 15.9. The van der Waals surface area contributed by atoms with Crippen LogP contribution in [0.5, 0.6) is 0 Å². The second kappa shape index (κ2) is 7.96. The van der Waals surface area contributed by atoms with Crippen molar-refractivity contribution in [3.8, 4) is 10.4 Å². The van der Waals surface area contributed by atoms with Crippen molar-refractivity contribution in [2.75, 3.05) is 11.9 Å². The van der Waals surface area contributed by atoms with Gasteiger partial charge in [0.15, 0.2) is 0 Å². The van der Waals surface area contributed by atoms with Crippen molar-refractivity contribution in [1.82, 2.24) is 5.32 Å². The van der Waals surface area contributed by atoms with Gasteiger partial charge in [0.05, 0.1) is 0 Å². The molecule has 0 spiro atoms. The molecule has 2 rings (SSSR count). The normalized spacial score (nSPS) is 12.0. The minimum atomic E-state index is -0.217. The molecule has 1 atom stereocenters. The molecule has 22 heavy (non-hydrogen) atoms. The molecule has 0 aliphatic rings. The van der Waals surface area contributed by atoms with Crippen LogP contribution in [-0.4, -0.2) is 23.8 Å². The summed E-state index contributed by atoms with van der Waals surface area (Å²) >= 11 is 1.70. The molecule has 0 radical (unpaired) electrons. The Bertz CT molecular complexity index is 625. The SMILES string of the molecule is Cc1ccsc1-c1cccc(NC(=O)NC(C)CCCO)c1. The number of urea groups is 1. The number of thiophene rings is 1. The van der Waals surface area contributed by atoms with E-state index in [0.717, 1.165) is 17.7 Å². The zero-order valence-corrected chi connectivity index (χ0v) is 13.7. The molecule has 0 saturated heterocycles. The standard InChI is InChI=1S/C17H22N2O2S/c1-12-8-10-22-16(12)14-6-3-7-15(11-14)19-17(21)18-13(2)5-4-9-20/h3,6-8,10-11,13,20H,4-5,9H2,1-2H3,(H2,18,19,21). The van der Waals surface area contributed by atoms with Gasteiger partial charge in [-0.2, -0.15) is 0 Å². The van der Waals surface area contributed by atoms with Gasteiger partial charge in [-0.1, -0.05) is 12.1 Å². The molecule has 3 N–H and O–H groups in total. The van der Waals surface area contributed by atoms with E-state index >= 15 is 0 Å². The third kappa shape index (κ3) is 4.58. The Labute approximate surface area is 135 Å². The first-order valence-corrected chi connectivity index (χ1v) is 8.31. The van der Waals surface area contributed by atoms with Crippen LogP contribution >= 0.6 is 11.3 Å². The van der Waals surface area contributed by atoms with Gasteiger partial charge in [-0.25, -0.2) is 4.79 Å². The van der Waals surface area contributed by atoms with E-state index in [1.54, 1.807) is 11.3 Å². The Kier molecular flexibility index (Phi) is 5.98. The topological polar surface area (TPSA) is 61.4 Å². The van der Waals surface area contributed by atoms with Gasteiger partial charge in [-0.15, -0.1) is 11.3 Å². The molecule has 118 valence electrons. The Morgan fingerprint density at radius 1 is 1.36 bits per heavy atom. The first kappa shape index (κ1) is 16.5. The van der Waals surface area contributed by atoms with Crippen LogP contribution in [-0.2, 0) is 0 Å². The molecule has 1 aromatic carbocycles. The molecule has 1 heterocycles. The van der Waals surface area contributed by atoms with Crippen molar-refractivity contribution < 1.29 is 9.90 Å². The Morgan fingerprint density at radius 3 is 2.86 bits per heavy atom. The van der Waals surface area contributed by atoms with Crippen LogP contribution in [0.1, 0.15) is 25.3 Å². The van der Waals surface area contributed by atoms with E-state index in [0.29, 0.717) is 6.42 Å². The quantitative estimate of drug-likeness (QED) is 0.753. The lowest BCUT2D eigenvalue weighted by Crippen LogP contribution is -2.36. The van der Waals surface area contributed by atoms with Crippen molar-refractivity contribution in [3.63, 3.8) is 0 Å². The molecule has 5 heteroatoms. The number of aliphatic hydroxyl groups is 1. The summed E-state index contributed by atoms with van der Waals surface area (Å²) in [5, 5.41) is 16.6. The highest BCUT2D eigenvalue weighted by atomic mass is 32.1. The van der Waals surface area contributed by atoms with E-state index in [-0.39, 0.29) is 18.7 Å². The maximum absolute atomic E-state index is 12.0. The average Bonchev–Trinajstić information content (AvgIpc) is 2.91. The highest BCUT2D eigenvalue weighted by Crippen LogP contribution is 2.30. The minimum Gasteiger partial charge on any atom is -0.396 e. The van der Waals surface area contributed by atoms with Crippen LogP contribution in [0.2, 0.25) is 0 Å². The van der Waals surface area contributed by atoms with Crippen molar-refractivity contribution in [2.45, 2.75) is 32.7 Å². The van der Waals surface area contributed by atoms with E-state index in [4.69, 9.17) is 5.11 Å². The summed E-state index contributed by atoms with van der Waals surface area (Å²) in [5.41, 5.74) is 3.13. The summed E-state index contributed by atoms with van der Waals surface area (Å²) in [4.78, 5) is 13.2. The van der Waals surface area contributed by atoms with Crippen LogP contribution in [0.25, 0.3) is 10.4 Å². The summed E-state index contributed by atoms with van der Waals surface area (Å²) in [7, 11) is 0. The predicted octanol–water partition coefficient (Wildman–Crippen LogP) is 4.01. The number of hydrogen-bond donors (Lipinski definition) is 3. The maximum Gasteiger partial charge on any atom is 0.319 e. The first-order chi connectivity index (χ1) is 10.6. The lowest BCUT2D eigenvalue weighted by atomic mass is 10.1. The largest absolute Gasteiger partial charge is 0.396 e. The number of benzene rings is 1. The van der Waals surface area contributed by atoms with Crippen LogP contribution in [0.15, 0.2) is 35.7 Å². The third-order valence-corrected chi connectivity index (χ3v) is 4.48. The Morgan fingerprint density at radius 2 is 2.18 bits per heavy atom. The summed E-state index contributed by atoms with van der Waals surface area (Å²) in [6, 6.07) is 9.77. The molecule has 0 aliphatic heterocycles. The van der Waals surface area contributed by atoms with Gasteiger partial charge in [-0.05, 0) is 61.4 Å². The van der Waals surface area contributed by atoms with E-state index in [1.807, 2.05) is 31.2 Å². The first-order valence-electron chi connectivity index (χ1n) is 7.43. The summed E-state index contributed by atoms with van der Waals surface area (Å²) < 4.78 is 0. The monoisotopic (exact) mass is 318 g/mol. The van der Waals surface area contributed by atoms with Gasteiger partial charge in [0.1, 0.15) is 0 Å². The van der Waals surface area contributed by atoms with Gasteiger partial charge in [0.25, 0.3) is 0 Å². The van der Waals surface area contributed by atoms with E-state index in [1.165, 1.54) is 10.4 Å². The van der Waals surface area contributed by atoms with Crippen molar-refractivity contribution >= 4 is 23.1 Å². The molecular weight excluding hydrogens is 296 g/mol. The zero-order valence-electron chi connectivity index (χ0n) is 12.9. The van der Waals surface area contributed by atoms with Crippen molar-refractivity contribution in [1.29, 1.82) is 0 Å². The highest BCUT2D eigenvalue weighted by Gasteiger charge is 2.08. The number of carbonyl (C=O) groups is 1. The van der Waals surface area contributed by atoms with Gasteiger partial charge in [0, 0.05) is 23.2 Å². The van der Waals surface area contributed by atoms with Crippen molar-refractivity contribution in [2.24, 2.45) is 0 Å². The van der Waals surface area contributed by atoms with Crippen molar-refractivity contribution in [3.05, 3.63) is 41.3 Å². The molecule has 0 fully saturated rings. The summed E-state index contributed by atoms with van der Waals surface area (Å²) in [6.45, 7) is 4.16. The molecule has 4 nitrogen and oxygen atoms in total. The lowest BCUT2D eigenvalue weighted by molar-refractivity contribution is 0.245. The minimum absolute atomic E-state index is 0.0369. The van der Waals surface area contributed by atoms with Gasteiger partial charge in [0.2, 0.25) is 0 Å². The van der Waals surface area contributed by atoms with Crippen LogP contribution in [0, 0.1) is 6.92 Å². The molecule has 0 saturated carbocycles. The van der Waals surface area contributed by atoms with Crippen LogP contribution in [0.3, 0.4) is 0 Å². The fourth-order valence-electron chi connectivity index (χ4n) is 2.27. The molecule has 1 unspecified atom stereocenters. The Balaban J connectivity index is 1.99. The van der Waals surface area contributed by atoms with E-state index in [9.17, 15) is 4.79 Å². The number of aryl methyl sites for hydroxylation is 1. The van der Waals surface area contributed by atoms with Gasteiger partial charge >= 0.3 is 6.03 Å². The number of nitrogens with one attached hydrogen (secondary N) is 2. The van der Waals surface area contributed by atoms with Crippen LogP contribution < -0.4 is 10.6 Å². The predicted molar refractivity (Wildman–Crippen MR) is 92.4 cm³/mol. The number of amides is 2. The molecule has 2 amide bonds. The molecule has 0 aliphatic carbocycles. The number of anilines is 1. The molecule has 1 aromatic heterocycles. The van der Waals surface area contributed by atoms with Crippen LogP contribution in [0.4, 0.5) is 10.5 Å². The lowest BCUT2D eigenvalue weighted by Gasteiger charge is -2.14. The second-order valence-electron chi connectivity index (χ2n) is 5.38. The number of rotatable bonds is 6. The smallest absolute Gasteiger partial charge is 0.319 e. The summed E-state index contributed by atoms with van der Waals surface area (Å²) in [5.74, 6) is 0. The fraction of sp³-hybridized carbons (Fsp3) is 0.353. The van der Waals surface area contributed by atoms with E-state index < -0.39 is 0 Å². The highest BCUT2D eigenvalue weighted by molar-refractivity contribution is 7.13. The summed E-state index contributed by atoms with van der Waals surface area (Å²) in [6.07, 6.45) is 1.45. The second-order valence-corrected chi connectivity index (χ2v) is 6.30.